The average molecular weight is 435 g/mol. The highest BCUT2D eigenvalue weighted by molar-refractivity contribution is 6.33. The second-order valence-corrected chi connectivity index (χ2v) is 7.30. The second-order valence-electron chi connectivity index (χ2n) is 6.89. The SMILES string of the molecule is Cc1cc([N+](=O)[O-])c(Cl)cc1NC(=O)c1ccc(-c2cc3ccccc3oc2=O)cc1. The van der Waals surface area contributed by atoms with Crippen LogP contribution in [0.25, 0.3) is 22.1 Å². The first kappa shape index (κ1) is 20.3. The molecule has 1 amide bonds. The van der Waals surface area contributed by atoms with E-state index in [0.29, 0.717) is 33.5 Å². The number of carbonyl (C=O) groups is 1. The van der Waals surface area contributed by atoms with Crippen LogP contribution in [0.3, 0.4) is 0 Å². The maximum atomic E-state index is 12.6. The molecule has 31 heavy (non-hydrogen) atoms. The van der Waals surface area contributed by atoms with Gasteiger partial charge in [0.1, 0.15) is 10.6 Å². The van der Waals surface area contributed by atoms with Gasteiger partial charge in [-0.3, -0.25) is 14.9 Å². The molecule has 0 unspecified atom stereocenters. The molecule has 0 fully saturated rings. The van der Waals surface area contributed by atoms with Crippen molar-refractivity contribution < 1.29 is 14.1 Å². The van der Waals surface area contributed by atoms with E-state index < -0.39 is 16.5 Å². The number of benzene rings is 3. The molecule has 154 valence electrons. The van der Waals surface area contributed by atoms with Crippen molar-refractivity contribution in [2.24, 2.45) is 0 Å². The van der Waals surface area contributed by atoms with Crippen LogP contribution >= 0.6 is 11.6 Å². The molecule has 1 heterocycles. The number of para-hydroxylation sites is 1. The van der Waals surface area contributed by atoms with Gasteiger partial charge in [0, 0.05) is 22.7 Å². The van der Waals surface area contributed by atoms with Gasteiger partial charge in [-0.1, -0.05) is 41.9 Å². The summed E-state index contributed by atoms with van der Waals surface area (Å²) < 4.78 is 5.36. The predicted molar refractivity (Wildman–Crippen MR) is 119 cm³/mol. The van der Waals surface area contributed by atoms with Gasteiger partial charge in [-0.25, -0.2) is 4.79 Å². The Balaban J connectivity index is 1.60. The molecular weight excluding hydrogens is 420 g/mol. The molecule has 0 aliphatic rings. The van der Waals surface area contributed by atoms with Crippen LogP contribution in [-0.4, -0.2) is 10.8 Å². The fourth-order valence-electron chi connectivity index (χ4n) is 3.20. The molecular formula is C23H15ClN2O5. The van der Waals surface area contributed by atoms with Gasteiger partial charge in [-0.2, -0.15) is 0 Å². The number of nitro groups is 1. The third-order valence-corrected chi connectivity index (χ3v) is 5.14. The Labute approximate surface area is 181 Å². The average Bonchev–Trinajstić information content (AvgIpc) is 2.75. The lowest BCUT2D eigenvalue weighted by Gasteiger charge is -2.10. The Morgan fingerprint density at radius 1 is 1.06 bits per heavy atom. The molecule has 0 bridgehead atoms. The van der Waals surface area contributed by atoms with Gasteiger partial charge in [0.15, 0.2) is 0 Å². The molecule has 0 aliphatic heterocycles. The molecule has 0 saturated heterocycles. The number of carbonyl (C=O) groups excluding carboxylic acids is 1. The summed E-state index contributed by atoms with van der Waals surface area (Å²) in [5, 5.41) is 14.4. The molecule has 3 aromatic carbocycles. The summed E-state index contributed by atoms with van der Waals surface area (Å²) in [7, 11) is 0. The lowest BCUT2D eigenvalue weighted by Crippen LogP contribution is -2.13. The monoisotopic (exact) mass is 434 g/mol. The van der Waals surface area contributed by atoms with Crippen molar-refractivity contribution in [3.05, 3.63) is 103 Å². The topological polar surface area (TPSA) is 102 Å². The first-order valence-corrected chi connectivity index (χ1v) is 9.60. The smallest absolute Gasteiger partial charge is 0.344 e. The van der Waals surface area contributed by atoms with E-state index in [1.54, 1.807) is 49.4 Å². The molecule has 0 spiro atoms. The van der Waals surface area contributed by atoms with E-state index in [-0.39, 0.29) is 10.7 Å². The molecule has 0 saturated carbocycles. The highest BCUT2D eigenvalue weighted by Crippen LogP contribution is 2.31. The van der Waals surface area contributed by atoms with Crippen LogP contribution in [0, 0.1) is 17.0 Å². The third kappa shape index (κ3) is 4.04. The van der Waals surface area contributed by atoms with Crippen LogP contribution < -0.4 is 10.9 Å². The highest BCUT2D eigenvalue weighted by atomic mass is 35.5. The lowest BCUT2D eigenvalue weighted by atomic mass is 10.0. The minimum absolute atomic E-state index is 0.0655. The van der Waals surface area contributed by atoms with Crippen LogP contribution in [-0.2, 0) is 0 Å². The maximum Gasteiger partial charge on any atom is 0.344 e. The first-order chi connectivity index (χ1) is 14.8. The van der Waals surface area contributed by atoms with Gasteiger partial charge in [0.25, 0.3) is 11.6 Å². The van der Waals surface area contributed by atoms with E-state index in [0.717, 1.165) is 5.39 Å². The molecule has 0 radical (unpaired) electrons. The minimum Gasteiger partial charge on any atom is -0.422 e. The summed E-state index contributed by atoms with van der Waals surface area (Å²) in [4.78, 5) is 35.3. The first-order valence-electron chi connectivity index (χ1n) is 9.23. The second kappa shape index (κ2) is 8.04. The van der Waals surface area contributed by atoms with Crippen molar-refractivity contribution >= 4 is 39.9 Å². The van der Waals surface area contributed by atoms with Gasteiger partial charge < -0.3 is 9.73 Å². The zero-order valence-electron chi connectivity index (χ0n) is 16.2. The number of halogens is 1. The Hall–Kier alpha value is -3.97. The van der Waals surface area contributed by atoms with E-state index in [1.807, 2.05) is 12.1 Å². The number of nitrogens with zero attached hydrogens (tertiary/aromatic N) is 1. The fourth-order valence-corrected chi connectivity index (χ4v) is 3.43. The number of aryl methyl sites for hydroxylation is 1. The summed E-state index contributed by atoms with van der Waals surface area (Å²) >= 11 is 5.94. The highest BCUT2D eigenvalue weighted by Gasteiger charge is 2.17. The standard InChI is InChI=1S/C23H15ClN2O5/c1-13-10-20(26(29)30)18(24)12-19(13)25-22(27)15-8-6-14(7-9-15)17-11-16-4-2-3-5-21(16)31-23(17)28/h2-12H,1H3,(H,25,27). The van der Waals surface area contributed by atoms with Gasteiger partial charge in [-0.15, -0.1) is 0 Å². The molecule has 4 rings (SSSR count). The van der Waals surface area contributed by atoms with E-state index in [9.17, 15) is 19.7 Å². The fraction of sp³-hybridized carbons (Fsp3) is 0.0435. The Kier molecular flexibility index (Phi) is 5.27. The number of nitrogens with one attached hydrogen (secondary N) is 1. The van der Waals surface area contributed by atoms with Gasteiger partial charge in [-0.05, 0) is 48.4 Å². The number of rotatable bonds is 4. The van der Waals surface area contributed by atoms with Crippen molar-refractivity contribution in [3.8, 4) is 11.1 Å². The van der Waals surface area contributed by atoms with Crippen molar-refractivity contribution in [1.82, 2.24) is 0 Å². The summed E-state index contributed by atoms with van der Waals surface area (Å²) in [6.07, 6.45) is 0. The number of anilines is 1. The van der Waals surface area contributed by atoms with E-state index in [2.05, 4.69) is 5.32 Å². The predicted octanol–water partition coefficient (Wildman–Crippen LogP) is 5.58. The van der Waals surface area contributed by atoms with Crippen LogP contribution in [0.1, 0.15) is 15.9 Å². The van der Waals surface area contributed by atoms with Crippen molar-refractivity contribution in [1.29, 1.82) is 0 Å². The van der Waals surface area contributed by atoms with Crippen LogP contribution in [0.5, 0.6) is 0 Å². The van der Waals surface area contributed by atoms with E-state index in [4.69, 9.17) is 16.0 Å². The molecule has 1 aromatic heterocycles. The molecule has 0 aliphatic carbocycles. The zero-order valence-corrected chi connectivity index (χ0v) is 17.0. The maximum absolute atomic E-state index is 12.6. The van der Waals surface area contributed by atoms with Crippen molar-refractivity contribution in [2.45, 2.75) is 6.92 Å². The molecule has 4 aromatic rings. The minimum atomic E-state index is -0.580. The van der Waals surface area contributed by atoms with E-state index >= 15 is 0 Å². The zero-order chi connectivity index (χ0) is 22.1. The molecule has 0 atom stereocenters. The summed E-state index contributed by atoms with van der Waals surface area (Å²) in [5.74, 6) is -0.412. The molecule has 7 nitrogen and oxygen atoms in total. The third-order valence-electron chi connectivity index (χ3n) is 4.84. The normalized spacial score (nSPS) is 10.8. The number of nitro benzene ring substituents is 1. The quantitative estimate of drug-likeness (QED) is 0.256. The van der Waals surface area contributed by atoms with Crippen molar-refractivity contribution in [2.75, 3.05) is 5.32 Å². The Bertz CT molecular complexity index is 1390. The lowest BCUT2D eigenvalue weighted by molar-refractivity contribution is -0.384. The van der Waals surface area contributed by atoms with Gasteiger partial charge in [0.05, 0.1) is 10.5 Å². The van der Waals surface area contributed by atoms with Crippen LogP contribution in [0.4, 0.5) is 11.4 Å². The molecule has 1 N–H and O–H groups in total. The van der Waals surface area contributed by atoms with Crippen molar-refractivity contribution in [3.63, 3.8) is 0 Å². The summed E-state index contributed by atoms with van der Waals surface area (Å²) in [6, 6.07) is 18.1. The summed E-state index contributed by atoms with van der Waals surface area (Å²) in [5.41, 5.74) is 2.05. The number of hydrogen-bond acceptors (Lipinski definition) is 5. The number of amides is 1. The summed E-state index contributed by atoms with van der Waals surface area (Å²) in [6.45, 7) is 1.64. The largest absolute Gasteiger partial charge is 0.422 e. The van der Waals surface area contributed by atoms with E-state index in [1.165, 1.54) is 12.1 Å². The van der Waals surface area contributed by atoms with Gasteiger partial charge >= 0.3 is 5.63 Å². The number of hydrogen-bond donors (Lipinski definition) is 1. The number of fused-ring (bicyclic) bond motifs is 1. The van der Waals surface area contributed by atoms with Crippen LogP contribution in [0.15, 0.2) is 75.9 Å². The Morgan fingerprint density at radius 3 is 2.48 bits per heavy atom. The Morgan fingerprint density at radius 2 is 1.77 bits per heavy atom. The van der Waals surface area contributed by atoms with Gasteiger partial charge in [0.2, 0.25) is 0 Å². The molecule has 8 heteroatoms. The van der Waals surface area contributed by atoms with Crippen LogP contribution in [0.2, 0.25) is 5.02 Å².